The molecule has 19 heavy (non-hydrogen) atoms. The Bertz CT molecular complexity index is 665. The normalized spacial score (nSPS) is 12.4. The molecule has 0 aliphatic heterocycles. The highest BCUT2D eigenvalue weighted by Gasteiger charge is 2.30. The van der Waals surface area contributed by atoms with E-state index >= 15 is 0 Å². The summed E-state index contributed by atoms with van der Waals surface area (Å²) in [5.41, 5.74) is 1.94. The molecule has 0 amide bonds. The first-order valence-electron chi connectivity index (χ1n) is 6.22. The fourth-order valence-corrected chi connectivity index (χ4v) is 3.07. The number of hydrogen-bond acceptors (Lipinski definition) is 2. The van der Waals surface area contributed by atoms with Crippen LogP contribution in [0.2, 0.25) is 0 Å². The van der Waals surface area contributed by atoms with Crippen molar-refractivity contribution < 1.29 is 8.42 Å². The molecule has 0 spiro atoms. The average molecular weight is 274 g/mol. The Morgan fingerprint density at radius 2 is 1.37 bits per heavy atom. The molecular weight excluding hydrogens is 256 g/mol. The van der Waals surface area contributed by atoms with Crippen molar-refractivity contribution in [3.8, 4) is 11.1 Å². The minimum absolute atomic E-state index is 0.376. The third-order valence-corrected chi connectivity index (χ3v) is 5.54. The van der Waals surface area contributed by atoms with Gasteiger partial charge in [-0.15, -0.1) is 0 Å². The Hall–Kier alpha value is -1.61. The predicted octanol–water partition coefficient (Wildman–Crippen LogP) is 3.93. The van der Waals surface area contributed by atoms with Crippen molar-refractivity contribution in [1.29, 1.82) is 0 Å². The monoisotopic (exact) mass is 274 g/mol. The van der Waals surface area contributed by atoms with E-state index in [2.05, 4.69) is 0 Å². The van der Waals surface area contributed by atoms with Crippen LogP contribution in [0, 0.1) is 0 Å². The van der Waals surface area contributed by atoms with Gasteiger partial charge in [-0.1, -0.05) is 42.5 Å². The SMILES string of the molecule is CC(C)(C)S(=O)(=O)c1cccc(-c2ccccc2)c1. The van der Waals surface area contributed by atoms with E-state index in [0.717, 1.165) is 11.1 Å². The second-order valence-electron chi connectivity index (χ2n) is 5.51. The lowest BCUT2D eigenvalue weighted by atomic mass is 10.1. The van der Waals surface area contributed by atoms with Gasteiger partial charge in [0, 0.05) is 0 Å². The molecule has 0 radical (unpaired) electrons. The highest BCUT2D eigenvalue weighted by Crippen LogP contribution is 2.28. The van der Waals surface area contributed by atoms with Gasteiger partial charge in [-0.3, -0.25) is 0 Å². The van der Waals surface area contributed by atoms with E-state index in [1.54, 1.807) is 39.0 Å². The van der Waals surface area contributed by atoms with Crippen LogP contribution in [-0.4, -0.2) is 13.2 Å². The third kappa shape index (κ3) is 2.71. The van der Waals surface area contributed by atoms with Crippen molar-refractivity contribution in [1.82, 2.24) is 0 Å². The van der Waals surface area contributed by atoms with Crippen molar-refractivity contribution in [3.63, 3.8) is 0 Å². The third-order valence-electron chi connectivity index (χ3n) is 3.06. The lowest BCUT2D eigenvalue weighted by molar-refractivity contribution is 0.560. The number of sulfone groups is 1. The molecule has 2 aromatic carbocycles. The molecule has 0 N–H and O–H groups in total. The quantitative estimate of drug-likeness (QED) is 0.831. The zero-order valence-corrected chi connectivity index (χ0v) is 12.2. The van der Waals surface area contributed by atoms with Crippen LogP contribution >= 0.6 is 0 Å². The molecule has 0 saturated heterocycles. The minimum Gasteiger partial charge on any atom is -0.223 e. The minimum atomic E-state index is -3.31. The van der Waals surface area contributed by atoms with Crippen LogP contribution in [0.5, 0.6) is 0 Å². The van der Waals surface area contributed by atoms with Gasteiger partial charge in [-0.25, -0.2) is 8.42 Å². The Balaban J connectivity index is 2.53. The van der Waals surface area contributed by atoms with E-state index in [-0.39, 0.29) is 0 Å². The van der Waals surface area contributed by atoms with Crippen LogP contribution in [0.1, 0.15) is 20.8 Å². The van der Waals surface area contributed by atoms with E-state index in [1.165, 1.54) is 0 Å². The molecule has 0 unspecified atom stereocenters. The largest absolute Gasteiger partial charge is 0.223 e. The fraction of sp³-hybridized carbons (Fsp3) is 0.250. The summed E-state index contributed by atoms with van der Waals surface area (Å²) in [6.07, 6.45) is 0. The van der Waals surface area contributed by atoms with Gasteiger partial charge in [0.15, 0.2) is 9.84 Å². The summed E-state index contributed by atoms with van der Waals surface area (Å²) in [4.78, 5) is 0.376. The molecule has 2 aromatic rings. The summed E-state index contributed by atoms with van der Waals surface area (Å²) in [7, 11) is -3.31. The average Bonchev–Trinajstić information content (AvgIpc) is 2.39. The maximum atomic E-state index is 12.4. The van der Waals surface area contributed by atoms with Crippen LogP contribution < -0.4 is 0 Å². The summed E-state index contributed by atoms with van der Waals surface area (Å²) < 4.78 is 24.1. The van der Waals surface area contributed by atoms with Crippen LogP contribution in [0.3, 0.4) is 0 Å². The van der Waals surface area contributed by atoms with Crippen LogP contribution in [-0.2, 0) is 9.84 Å². The highest BCUT2D eigenvalue weighted by atomic mass is 32.2. The number of rotatable bonds is 2. The van der Waals surface area contributed by atoms with Crippen molar-refractivity contribution >= 4 is 9.84 Å². The van der Waals surface area contributed by atoms with Crippen LogP contribution in [0.4, 0.5) is 0 Å². The molecule has 0 bridgehead atoms. The smallest absolute Gasteiger partial charge is 0.183 e. The van der Waals surface area contributed by atoms with Crippen molar-refractivity contribution in [2.24, 2.45) is 0 Å². The zero-order chi connectivity index (χ0) is 14.1. The first kappa shape index (κ1) is 13.8. The second kappa shape index (κ2) is 4.82. The summed E-state index contributed by atoms with van der Waals surface area (Å²) in [5, 5.41) is 0. The van der Waals surface area contributed by atoms with Gasteiger partial charge in [0.1, 0.15) is 0 Å². The highest BCUT2D eigenvalue weighted by molar-refractivity contribution is 7.92. The van der Waals surface area contributed by atoms with Crippen molar-refractivity contribution in [3.05, 3.63) is 54.6 Å². The Morgan fingerprint density at radius 3 is 1.95 bits per heavy atom. The van der Waals surface area contributed by atoms with E-state index in [9.17, 15) is 8.42 Å². The van der Waals surface area contributed by atoms with E-state index in [4.69, 9.17) is 0 Å². The molecule has 0 atom stereocenters. The molecule has 0 heterocycles. The first-order chi connectivity index (χ1) is 8.82. The van der Waals surface area contributed by atoms with Crippen LogP contribution in [0.15, 0.2) is 59.5 Å². The molecule has 2 nitrogen and oxygen atoms in total. The van der Waals surface area contributed by atoms with Gasteiger partial charge in [-0.2, -0.15) is 0 Å². The standard InChI is InChI=1S/C16H18O2S/c1-16(2,3)19(17,18)15-11-7-10-14(12-15)13-8-5-4-6-9-13/h4-12H,1-3H3. The molecule has 2 rings (SSSR count). The van der Waals surface area contributed by atoms with E-state index in [1.807, 2.05) is 36.4 Å². The molecular formula is C16H18O2S. The molecule has 0 aliphatic rings. The lowest BCUT2D eigenvalue weighted by Gasteiger charge is -2.19. The lowest BCUT2D eigenvalue weighted by Crippen LogP contribution is -2.27. The molecule has 0 aliphatic carbocycles. The molecule has 3 heteroatoms. The Labute approximate surface area is 115 Å². The Kier molecular flexibility index (Phi) is 3.50. The van der Waals surface area contributed by atoms with Crippen molar-refractivity contribution in [2.75, 3.05) is 0 Å². The summed E-state index contributed by atoms with van der Waals surface area (Å²) >= 11 is 0. The van der Waals surface area contributed by atoms with Gasteiger partial charge in [0.25, 0.3) is 0 Å². The molecule has 0 aromatic heterocycles. The Morgan fingerprint density at radius 1 is 0.789 bits per heavy atom. The first-order valence-corrected chi connectivity index (χ1v) is 7.71. The van der Waals surface area contributed by atoms with Gasteiger partial charge < -0.3 is 0 Å². The van der Waals surface area contributed by atoms with E-state index in [0.29, 0.717) is 4.90 Å². The fourth-order valence-electron chi connectivity index (χ4n) is 1.83. The van der Waals surface area contributed by atoms with Gasteiger partial charge in [0.05, 0.1) is 9.64 Å². The maximum Gasteiger partial charge on any atom is 0.183 e. The summed E-state index contributed by atoms with van der Waals surface area (Å²) in [6, 6.07) is 16.9. The molecule has 100 valence electrons. The summed E-state index contributed by atoms with van der Waals surface area (Å²) in [5.74, 6) is 0. The van der Waals surface area contributed by atoms with Crippen molar-refractivity contribution in [2.45, 2.75) is 30.4 Å². The zero-order valence-electron chi connectivity index (χ0n) is 11.4. The topological polar surface area (TPSA) is 34.1 Å². The second-order valence-corrected chi connectivity index (χ2v) is 8.21. The number of hydrogen-bond donors (Lipinski definition) is 0. The van der Waals surface area contributed by atoms with Gasteiger partial charge in [-0.05, 0) is 44.0 Å². The molecule has 0 fully saturated rings. The predicted molar refractivity (Wildman–Crippen MR) is 78.8 cm³/mol. The number of benzene rings is 2. The molecule has 0 saturated carbocycles. The maximum absolute atomic E-state index is 12.4. The van der Waals surface area contributed by atoms with E-state index < -0.39 is 14.6 Å². The van der Waals surface area contributed by atoms with Crippen LogP contribution in [0.25, 0.3) is 11.1 Å². The summed E-state index contributed by atoms with van der Waals surface area (Å²) in [6.45, 7) is 5.16. The van der Waals surface area contributed by atoms with Gasteiger partial charge in [0.2, 0.25) is 0 Å². The van der Waals surface area contributed by atoms with Gasteiger partial charge >= 0.3 is 0 Å².